The molecule has 0 saturated carbocycles. The van der Waals surface area contributed by atoms with Crippen LogP contribution in [0.1, 0.15) is 11.3 Å². The second kappa shape index (κ2) is 5.88. The lowest BCUT2D eigenvalue weighted by Gasteiger charge is -2.01. The summed E-state index contributed by atoms with van der Waals surface area (Å²) in [5.41, 5.74) is 7.09. The maximum atomic E-state index is 11.9. The molecule has 0 amide bonds. The van der Waals surface area contributed by atoms with Gasteiger partial charge in [0.2, 0.25) is 0 Å². The van der Waals surface area contributed by atoms with Gasteiger partial charge in [0.25, 0.3) is 0 Å². The molecule has 0 aliphatic carbocycles. The zero-order chi connectivity index (χ0) is 13.0. The van der Waals surface area contributed by atoms with Crippen LogP contribution in [0.3, 0.4) is 0 Å². The fourth-order valence-electron chi connectivity index (χ4n) is 1.62. The first-order chi connectivity index (χ1) is 8.67. The number of benzene rings is 1. The summed E-state index contributed by atoms with van der Waals surface area (Å²) in [6.07, 6.45) is 2.08. The molecule has 0 aliphatic rings. The maximum Gasteiger partial charge on any atom is 0.158 e. The highest BCUT2D eigenvalue weighted by molar-refractivity contribution is 9.10. The largest absolute Gasteiger partial charge is 0.325 e. The van der Waals surface area contributed by atoms with Crippen molar-refractivity contribution in [1.82, 2.24) is 15.0 Å². The second-order valence-corrected chi connectivity index (χ2v) is 4.87. The number of nitrogens with two attached hydrogens (primary N) is 1. The van der Waals surface area contributed by atoms with E-state index in [1.54, 1.807) is 6.20 Å². The zero-order valence-corrected chi connectivity index (χ0v) is 11.3. The summed E-state index contributed by atoms with van der Waals surface area (Å²) in [6, 6.07) is 7.70. The number of hydrogen-bond acceptors (Lipinski definition) is 4. The second-order valence-electron chi connectivity index (χ2n) is 3.96. The Morgan fingerprint density at radius 2 is 2.28 bits per heavy atom. The molecule has 0 bridgehead atoms. The third-order valence-electron chi connectivity index (χ3n) is 2.42. The molecular weight excluding hydrogens is 296 g/mol. The molecule has 0 atom stereocenters. The molecule has 6 heteroatoms. The highest BCUT2D eigenvalue weighted by Gasteiger charge is 2.07. The van der Waals surface area contributed by atoms with E-state index in [4.69, 9.17) is 5.73 Å². The van der Waals surface area contributed by atoms with Crippen LogP contribution in [-0.2, 0) is 24.3 Å². The van der Waals surface area contributed by atoms with E-state index in [1.807, 2.05) is 24.3 Å². The van der Waals surface area contributed by atoms with Crippen molar-refractivity contribution in [1.29, 1.82) is 0 Å². The molecule has 2 N–H and O–H groups in total. The lowest BCUT2D eigenvalue weighted by molar-refractivity contribution is -0.119. The molecule has 0 saturated heterocycles. The van der Waals surface area contributed by atoms with Gasteiger partial charge in [-0.1, -0.05) is 33.3 Å². The predicted octanol–water partition coefficient (Wildman–Crippen LogP) is 1.31. The number of Topliss-reactive ketones (excluding diaryl/α,β-unsaturated/α-hetero) is 1. The standard InChI is InChI=1S/C12H13BrN4O/c13-10-3-1-2-9(4-10)5-12(18)8-17-7-11(6-14)15-16-17/h1-4,7H,5-6,8,14H2. The van der Waals surface area contributed by atoms with Gasteiger partial charge in [-0.3, -0.25) is 4.79 Å². The Morgan fingerprint density at radius 3 is 2.94 bits per heavy atom. The molecule has 0 aliphatic heterocycles. The summed E-state index contributed by atoms with van der Waals surface area (Å²) in [4.78, 5) is 11.9. The van der Waals surface area contributed by atoms with Crippen molar-refractivity contribution in [2.24, 2.45) is 5.73 Å². The van der Waals surface area contributed by atoms with Gasteiger partial charge >= 0.3 is 0 Å². The Hall–Kier alpha value is -1.53. The minimum atomic E-state index is 0.0848. The van der Waals surface area contributed by atoms with E-state index in [0.717, 1.165) is 10.0 Å². The molecule has 18 heavy (non-hydrogen) atoms. The van der Waals surface area contributed by atoms with E-state index in [-0.39, 0.29) is 12.3 Å². The summed E-state index contributed by atoms with van der Waals surface area (Å²) in [6.45, 7) is 0.555. The van der Waals surface area contributed by atoms with Gasteiger partial charge in [0.1, 0.15) is 6.54 Å². The van der Waals surface area contributed by atoms with Gasteiger partial charge in [0, 0.05) is 17.4 Å². The Bertz CT molecular complexity index is 553. The van der Waals surface area contributed by atoms with Gasteiger partial charge in [-0.15, -0.1) is 5.10 Å². The van der Waals surface area contributed by atoms with Crippen LogP contribution >= 0.6 is 15.9 Å². The van der Waals surface area contributed by atoms with Crippen LogP contribution in [0.2, 0.25) is 0 Å². The molecule has 2 aromatic rings. The average molecular weight is 309 g/mol. The van der Waals surface area contributed by atoms with E-state index in [1.165, 1.54) is 4.68 Å². The van der Waals surface area contributed by atoms with Crippen LogP contribution in [0, 0.1) is 0 Å². The molecule has 0 unspecified atom stereocenters. The van der Waals surface area contributed by atoms with Crippen molar-refractivity contribution in [2.45, 2.75) is 19.5 Å². The molecule has 1 aromatic heterocycles. The Labute approximate surface area is 113 Å². The normalized spacial score (nSPS) is 10.6. The van der Waals surface area contributed by atoms with Gasteiger partial charge in [-0.2, -0.15) is 0 Å². The molecule has 1 aromatic carbocycles. The van der Waals surface area contributed by atoms with Crippen molar-refractivity contribution in [2.75, 3.05) is 0 Å². The number of rotatable bonds is 5. The van der Waals surface area contributed by atoms with Gasteiger partial charge in [0.15, 0.2) is 5.78 Å². The van der Waals surface area contributed by atoms with E-state index < -0.39 is 0 Å². The Balaban J connectivity index is 1.96. The topological polar surface area (TPSA) is 73.8 Å². The van der Waals surface area contributed by atoms with Crippen LogP contribution < -0.4 is 5.73 Å². The first-order valence-electron chi connectivity index (χ1n) is 5.52. The minimum Gasteiger partial charge on any atom is -0.325 e. The van der Waals surface area contributed by atoms with Crippen LogP contribution in [0.15, 0.2) is 34.9 Å². The minimum absolute atomic E-state index is 0.0848. The Morgan fingerprint density at radius 1 is 1.44 bits per heavy atom. The number of ketones is 1. The van der Waals surface area contributed by atoms with Crippen LogP contribution in [0.25, 0.3) is 0 Å². The summed E-state index contributed by atoms with van der Waals surface area (Å²) < 4.78 is 2.49. The molecule has 0 spiro atoms. The first kappa shape index (κ1) is 12.9. The third-order valence-corrected chi connectivity index (χ3v) is 2.92. The molecule has 0 fully saturated rings. The fourth-order valence-corrected chi connectivity index (χ4v) is 2.07. The summed E-state index contributed by atoms with van der Waals surface area (Å²) in [5, 5.41) is 7.68. The zero-order valence-electron chi connectivity index (χ0n) is 9.71. The number of aromatic nitrogens is 3. The van der Waals surface area contributed by atoms with Crippen molar-refractivity contribution in [3.8, 4) is 0 Å². The highest BCUT2D eigenvalue weighted by atomic mass is 79.9. The first-order valence-corrected chi connectivity index (χ1v) is 6.32. The lowest BCUT2D eigenvalue weighted by atomic mass is 10.1. The summed E-state index contributed by atoms with van der Waals surface area (Å²) in [7, 11) is 0. The SMILES string of the molecule is NCc1cn(CC(=O)Cc2cccc(Br)c2)nn1. The Kier molecular flexibility index (Phi) is 4.22. The van der Waals surface area contributed by atoms with E-state index in [9.17, 15) is 4.79 Å². The van der Waals surface area contributed by atoms with Crippen LogP contribution in [0.5, 0.6) is 0 Å². The average Bonchev–Trinajstić information content (AvgIpc) is 2.76. The van der Waals surface area contributed by atoms with Gasteiger partial charge in [-0.05, 0) is 17.7 Å². The van der Waals surface area contributed by atoms with Crippen molar-refractivity contribution < 1.29 is 4.79 Å². The quantitative estimate of drug-likeness (QED) is 0.904. The molecule has 0 radical (unpaired) electrons. The van der Waals surface area contributed by atoms with Crippen molar-refractivity contribution in [3.63, 3.8) is 0 Å². The van der Waals surface area contributed by atoms with Crippen LogP contribution in [0.4, 0.5) is 0 Å². The number of hydrogen-bond donors (Lipinski definition) is 1. The van der Waals surface area contributed by atoms with Crippen LogP contribution in [-0.4, -0.2) is 20.8 Å². The van der Waals surface area contributed by atoms with Crippen molar-refractivity contribution >= 4 is 21.7 Å². The lowest BCUT2D eigenvalue weighted by Crippen LogP contribution is -2.13. The number of halogens is 1. The number of nitrogens with zero attached hydrogens (tertiary/aromatic N) is 3. The number of carbonyl (C=O) groups excluding carboxylic acids is 1. The van der Waals surface area contributed by atoms with Gasteiger partial charge < -0.3 is 5.73 Å². The summed E-state index contributed by atoms with van der Waals surface area (Å²) >= 11 is 3.38. The summed E-state index contributed by atoms with van der Waals surface area (Å²) in [5.74, 6) is 0.0848. The molecule has 1 heterocycles. The number of carbonyl (C=O) groups is 1. The molecular formula is C12H13BrN4O. The third kappa shape index (κ3) is 3.48. The van der Waals surface area contributed by atoms with E-state index >= 15 is 0 Å². The highest BCUT2D eigenvalue weighted by Crippen LogP contribution is 2.12. The van der Waals surface area contributed by atoms with E-state index in [2.05, 4.69) is 26.2 Å². The predicted molar refractivity (Wildman–Crippen MR) is 70.8 cm³/mol. The smallest absolute Gasteiger partial charge is 0.158 e. The van der Waals surface area contributed by atoms with E-state index in [0.29, 0.717) is 18.7 Å². The molecule has 2 rings (SSSR count). The monoisotopic (exact) mass is 308 g/mol. The van der Waals surface area contributed by atoms with Gasteiger partial charge in [0.05, 0.1) is 11.9 Å². The maximum absolute atomic E-state index is 11.9. The fraction of sp³-hybridized carbons (Fsp3) is 0.250. The molecule has 5 nitrogen and oxygen atoms in total. The molecule has 94 valence electrons. The van der Waals surface area contributed by atoms with Gasteiger partial charge in [-0.25, -0.2) is 4.68 Å². The van der Waals surface area contributed by atoms with Crippen molar-refractivity contribution in [3.05, 3.63) is 46.2 Å².